The molecule has 1 atom stereocenters. The second-order valence-electron chi connectivity index (χ2n) is 5.89. The normalized spacial score (nSPS) is 18.4. The number of nitrogens with two attached hydrogens (primary N) is 1. The third-order valence-electron chi connectivity index (χ3n) is 4.29. The molecule has 1 aliphatic carbocycles. The van der Waals surface area contributed by atoms with Crippen molar-refractivity contribution in [3.05, 3.63) is 35.4 Å². The van der Waals surface area contributed by atoms with Crippen molar-refractivity contribution in [2.24, 2.45) is 11.7 Å². The fourth-order valence-corrected chi connectivity index (χ4v) is 3.14. The third-order valence-corrected chi connectivity index (χ3v) is 4.29. The van der Waals surface area contributed by atoms with Crippen LogP contribution in [0.4, 0.5) is 0 Å². The van der Waals surface area contributed by atoms with Crippen LogP contribution in [0.2, 0.25) is 0 Å². The van der Waals surface area contributed by atoms with Crippen LogP contribution in [0, 0.1) is 5.92 Å². The maximum Gasteiger partial charge on any atom is 0.0792 e. The maximum atomic E-state index is 10.4. The van der Waals surface area contributed by atoms with E-state index in [1.807, 2.05) is 0 Å². The van der Waals surface area contributed by atoms with Gasteiger partial charge in [-0.05, 0) is 42.9 Å². The zero-order chi connectivity index (χ0) is 13.5. The Balaban J connectivity index is 1.91. The summed E-state index contributed by atoms with van der Waals surface area (Å²) in [5.74, 6) is 0.719. The van der Waals surface area contributed by atoms with Gasteiger partial charge in [0.05, 0.1) is 6.10 Å². The first kappa shape index (κ1) is 14.5. The van der Waals surface area contributed by atoms with Crippen molar-refractivity contribution >= 4 is 0 Å². The van der Waals surface area contributed by atoms with E-state index in [0.29, 0.717) is 0 Å². The molecule has 0 amide bonds. The Bertz CT molecular complexity index is 371. The molecule has 1 aliphatic rings. The summed E-state index contributed by atoms with van der Waals surface area (Å²) in [4.78, 5) is 0. The molecular formula is C17H27NO. The van der Waals surface area contributed by atoms with Crippen LogP contribution in [0.1, 0.15) is 62.2 Å². The van der Waals surface area contributed by atoms with E-state index in [1.165, 1.54) is 37.7 Å². The monoisotopic (exact) mass is 261 g/mol. The number of benzene rings is 1. The van der Waals surface area contributed by atoms with Crippen molar-refractivity contribution in [1.82, 2.24) is 0 Å². The number of rotatable bonds is 6. The Labute approximate surface area is 117 Å². The van der Waals surface area contributed by atoms with Gasteiger partial charge in [-0.2, -0.15) is 0 Å². The molecule has 106 valence electrons. The zero-order valence-corrected chi connectivity index (χ0v) is 11.9. The first-order valence-corrected chi connectivity index (χ1v) is 7.76. The Kier molecular flexibility index (Phi) is 5.87. The Morgan fingerprint density at radius 2 is 2.00 bits per heavy atom. The average molecular weight is 261 g/mol. The molecular weight excluding hydrogens is 234 g/mol. The number of aliphatic hydroxyl groups is 1. The third kappa shape index (κ3) is 4.63. The molecule has 1 aromatic rings. The summed E-state index contributed by atoms with van der Waals surface area (Å²) >= 11 is 0. The fraction of sp³-hybridized carbons (Fsp3) is 0.647. The molecule has 1 unspecified atom stereocenters. The maximum absolute atomic E-state index is 10.4. The lowest BCUT2D eigenvalue weighted by atomic mass is 9.84. The highest BCUT2D eigenvalue weighted by molar-refractivity contribution is 5.25. The Hall–Kier alpha value is -0.860. The smallest absolute Gasteiger partial charge is 0.0792 e. The lowest BCUT2D eigenvalue weighted by molar-refractivity contribution is 0.131. The van der Waals surface area contributed by atoms with E-state index in [9.17, 15) is 5.11 Å². The second-order valence-corrected chi connectivity index (χ2v) is 5.89. The highest BCUT2D eigenvalue weighted by Crippen LogP contribution is 2.32. The lowest BCUT2D eigenvalue weighted by Crippen LogP contribution is -2.11. The van der Waals surface area contributed by atoms with Gasteiger partial charge in [-0.25, -0.2) is 0 Å². The predicted molar refractivity (Wildman–Crippen MR) is 80.0 cm³/mol. The van der Waals surface area contributed by atoms with Crippen LogP contribution in [-0.4, -0.2) is 11.7 Å². The molecule has 1 saturated carbocycles. The van der Waals surface area contributed by atoms with Crippen LogP contribution in [0.15, 0.2) is 24.3 Å². The highest BCUT2D eigenvalue weighted by Gasteiger charge is 2.18. The topological polar surface area (TPSA) is 46.2 Å². The minimum absolute atomic E-state index is 0.291. The van der Waals surface area contributed by atoms with Gasteiger partial charge < -0.3 is 10.8 Å². The summed E-state index contributed by atoms with van der Waals surface area (Å²) in [6.45, 7) is 0.731. The average Bonchev–Trinajstić information content (AvgIpc) is 2.46. The summed E-state index contributed by atoms with van der Waals surface area (Å²) in [6.07, 6.45) is 9.32. The molecule has 0 spiro atoms. The van der Waals surface area contributed by atoms with Gasteiger partial charge in [0.1, 0.15) is 0 Å². The van der Waals surface area contributed by atoms with Gasteiger partial charge in [0.25, 0.3) is 0 Å². The van der Waals surface area contributed by atoms with E-state index >= 15 is 0 Å². The van der Waals surface area contributed by atoms with Gasteiger partial charge in [0.15, 0.2) is 0 Å². The van der Waals surface area contributed by atoms with Crippen molar-refractivity contribution in [1.29, 1.82) is 0 Å². The summed E-state index contributed by atoms with van der Waals surface area (Å²) in [6, 6.07) is 8.40. The second kappa shape index (κ2) is 7.66. The number of aliphatic hydroxyl groups excluding tert-OH is 1. The minimum Gasteiger partial charge on any atom is -0.388 e. The van der Waals surface area contributed by atoms with Crippen LogP contribution in [0.25, 0.3) is 0 Å². The Morgan fingerprint density at radius 3 is 2.74 bits per heavy atom. The van der Waals surface area contributed by atoms with Crippen molar-refractivity contribution in [3.8, 4) is 0 Å². The van der Waals surface area contributed by atoms with E-state index in [2.05, 4.69) is 24.3 Å². The van der Waals surface area contributed by atoms with Gasteiger partial charge >= 0.3 is 0 Å². The molecule has 0 saturated heterocycles. The standard InChI is InChI=1S/C17H27NO/c18-11-5-9-14-8-4-10-16(12-14)17(19)13-15-6-2-1-3-7-15/h4,8,10,12,15,17,19H,1-3,5-7,9,11,13,18H2. The van der Waals surface area contributed by atoms with Crippen LogP contribution in [-0.2, 0) is 6.42 Å². The molecule has 2 rings (SSSR count). The molecule has 3 N–H and O–H groups in total. The van der Waals surface area contributed by atoms with E-state index in [4.69, 9.17) is 5.73 Å². The van der Waals surface area contributed by atoms with Crippen LogP contribution in [0.5, 0.6) is 0 Å². The quantitative estimate of drug-likeness (QED) is 0.822. The minimum atomic E-state index is -0.291. The number of hydrogen-bond acceptors (Lipinski definition) is 2. The zero-order valence-electron chi connectivity index (χ0n) is 11.9. The van der Waals surface area contributed by atoms with E-state index in [-0.39, 0.29) is 6.10 Å². The molecule has 2 heteroatoms. The molecule has 2 nitrogen and oxygen atoms in total. The largest absolute Gasteiger partial charge is 0.388 e. The van der Waals surface area contributed by atoms with Crippen molar-refractivity contribution in [3.63, 3.8) is 0 Å². The fourth-order valence-electron chi connectivity index (χ4n) is 3.14. The van der Waals surface area contributed by atoms with Crippen molar-refractivity contribution < 1.29 is 5.11 Å². The van der Waals surface area contributed by atoms with Gasteiger partial charge in [-0.15, -0.1) is 0 Å². The highest BCUT2D eigenvalue weighted by atomic mass is 16.3. The summed E-state index contributed by atoms with van der Waals surface area (Å²) in [5, 5.41) is 10.4. The molecule has 0 radical (unpaired) electrons. The number of aryl methyl sites for hydroxylation is 1. The first-order valence-electron chi connectivity index (χ1n) is 7.76. The molecule has 0 bridgehead atoms. The van der Waals surface area contributed by atoms with E-state index in [1.54, 1.807) is 0 Å². The molecule has 0 heterocycles. The van der Waals surface area contributed by atoms with Crippen LogP contribution < -0.4 is 5.73 Å². The lowest BCUT2D eigenvalue weighted by Gasteiger charge is -2.24. The summed E-state index contributed by atoms with van der Waals surface area (Å²) in [5.41, 5.74) is 7.93. The van der Waals surface area contributed by atoms with Crippen molar-refractivity contribution in [2.45, 2.75) is 57.5 Å². The summed E-state index contributed by atoms with van der Waals surface area (Å²) < 4.78 is 0. The molecule has 0 aromatic heterocycles. The predicted octanol–water partition coefficient (Wildman–Crippen LogP) is 3.58. The molecule has 0 aliphatic heterocycles. The molecule has 1 aromatic carbocycles. The van der Waals surface area contributed by atoms with Gasteiger partial charge in [-0.3, -0.25) is 0 Å². The van der Waals surface area contributed by atoms with Crippen LogP contribution >= 0.6 is 0 Å². The van der Waals surface area contributed by atoms with E-state index in [0.717, 1.165) is 37.3 Å². The molecule has 1 fully saturated rings. The van der Waals surface area contributed by atoms with Crippen molar-refractivity contribution in [2.75, 3.05) is 6.54 Å². The number of hydrogen-bond donors (Lipinski definition) is 2. The SMILES string of the molecule is NCCCc1cccc(C(O)CC2CCCCC2)c1. The van der Waals surface area contributed by atoms with Gasteiger partial charge in [0.2, 0.25) is 0 Å². The van der Waals surface area contributed by atoms with E-state index < -0.39 is 0 Å². The van der Waals surface area contributed by atoms with Gasteiger partial charge in [0, 0.05) is 0 Å². The molecule has 19 heavy (non-hydrogen) atoms. The first-order chi connectivity index (χ1) is 9.29. The summed E-state index contributed by atoms with van der Waals surface area (Å²) in [7, 11) is 0. The Morgan fingerprint density at radius 1 is 1.21 bits per heavy atom. The van der Waals surface area contributed by atoms with Gasteiger partial charge in [-0.1, -0.05) is 56.4 Å². The van der Waals surface area contributed by atoms with Crippen LogP contribution in [0.3, 0.4) is 0 Å².